The zero-order valence-corrected chi connectivity index (χ0v) is 33.8. The Balaban J connectivity index is 1.50. The van der Waals surface area contributed by atoms with Crippen molar-refractivity contribution in [1.82, 2.24) is 9.14 Å². The van der Waals surface area contributed by atoms with E-state index in [1.165, 1.54) is 70.6 Å². The summed E-state index contributed by atoms with van der Waals surface area (Å²) in [6.07, 6.45) is 17.4. The van der Waals surface area contributed by atoms with Gasteiger partial charge in [-0.1, -0.05) is 117 Å². The molecule has 8 nitrogen and oxygen atoms in total. The molecule has 0 aliphatic carbocycles. The van der Waals surface area contributed by atoms with Crippen LogP contribution < -0.4 is 9.57 Å². The quantitative estimate of drug-likeness (QED) is 0.108. The van der Waals surface area contributed by atoms with Crippen molar-refractivity contribution in [3.63, 3.8) is 0 Å². The molecule has 1 heterocycles. The van der Waals surface area contributed by atoms with Gasteiger partial charge in [-0.15, -0.1) is 0 Å². The van der Waals surface area contributed by atoms with E-state index in [0.717, 1.165) is 18.4 Å². The van der Waals surface area contributed by atoms with Crippen LogP contribution in [-0.4, -0.2) is 44.5 Å². The Morgan fingerprint density at radius 1 is 0.680 bits per heavy atom. The Kier molecular flexibility index (Phi) is 15.4. The first-order chi connectivity index (χ1) is 23.4. The van der Waals surface area contributed by atoms with Gasteiger partial charge in [0.25, 0.3) is 10.0 Å². The molecule has 0 aromatic heterocycles. The summed E-state index contributed by atoms with van der Waals surface area (Å²) in [5.41, 5.74) is -0.182. The maximum absolute atomic E-state index is 14.1. The number of unbranched alkanes of at least 4 members (excludes halogenated alkanes) is 12. The van der Waals surface area contributed by atoms with Gasteiger partial charge in [0.15, 0.2) is 0 Å². The van der Waals surface area contributed by atoms with Crippen molar-refractivity contribution in [3.8, 4) is 5.75 Å². The molecule has 1 saturated heterocycles. The fraction of sp³-hybridized carbons (Fsp3) is 0.675. The van der Waals surface area contributed by atoms with Gasteiger partial charge in [-0.3, -0.25) is 0 Å². The van der Waals surface area contributed by atoms with Crippen molar-refractivity contribution in [1.29, 1.82) is 0 Å². The fourth-order valence-electron chi connectivity index (χ4n) is 7.19. The number of benzene rings is 2. The van der Waals surface area contributed by atoms with E-state index in [-0.39, 0.29) is 28.0 Å². The van der Waals surface area contributed by atoms with Crippen molar-refractivity contribution in [2.75, 3.05) is 6.61 Å². The lowest BCUT2D eigenvalue weighted by Gasteiger charge is -2.51. The molecule has 0 atom stereocenters. The normalized spacial score (nSPS) is 16.7. The highest BCUT2D eigenvalue weighted by atomic mass is 32.2. The highest BCUT2D eigenvalue weighted by Crippen LogP contribution is 2.41. The molecule has 1 aliphatic heterocycles. The van der Waals surface area contributed by atoms with Crippen LogP contribution in [0.2, 0.25) is 0 Å². The first kappa shape index (κ1) is 42.0. The second-order valence-corrected chi connectivity index (χ2v) is 19.8. The minimum absolute atomic E-state index is 0.0945. The van der Waals surface area contributed by atoms with Gasteiger partial charge in [-0.25, -0.2) is 13.2 Å². The van der Waals surface area contributed by atoms with E-state index in [9.17, 15) is 16.8 Å². The summed E-state index contributed by atoms with van der Waals surface area (Å²) in [7, 11) is -7.77. The van der Waals surface area contributed by atoms with E-state index >= 15 is 0 Å². The maximum Gasteiger partial charge on any atom is 0.276 e. The highest BCUT2D eigenvalue weighted by Gasteiger charge is 2.51. The van der Waals surface area contributed by atoms with Crippen LogP contribution in [0.4, 0.5) is 0 Å². The van der Waals surface area contributed by atoms with E-state index in [4.69, 9.17) is 4.74 Å². The molecule has 0 radical (unpaired) electrons. The molecule has 1 aliphatic rings. The molecule has 282 valence electrons. The molecule has 50 heavy (non-hydrogen) atoms. The third kappa shape index (κ3) is 12.4. The summed E-state index contributed by atoms with van der Waals surface area (Å²) in [4.78, 5) is 2.73. The number of ether oxygens (including phenoxy) is 1. The Hall–Kier alpha value is -2.43. The van der Waals surface area contributed by atoms with Crippen LogP contribution in [0.5, 0.6) is 5.75 Å². The molecule has 2 aromatic carbocycles. The summed E-state index contributed by atoms with van der Waals surface area (Å²) in [5, 5.41) is 4.31. The van der Waals surface area contributed by atoms with Crippen LogP contribution >= 0.6 is 0 Å². The lowest BCUT2D eigenvalue weighted by Crippen LogP contribution is -2.63. The zero-order valence-electron chi connectivity index (χ0n) is 32.2. The van der Waals surface area contributed by atoms with Crippen molar-refractivity contribution < 1.29 is 21.6 Å². The number of nitrogens with zero attached hydrogens (tertiary/aromatic N) is 2. The molecule has 3 rings (SSSR count). The van der Waals surface area contributed by atoms with Gasteiger partial charge in [0.1, 0.15) is 5.75 Å². The molecule has 0 saturated carbocycles. The summed E-state index contributed by atoms with van der Waals surface area (Å²) in [5.74, 6) is 0.662. The Labute approximate surface area is 305 Å². The summed E-state index contributed by atoms with van der Waals surface area (Å²) >= 11 is 0. The third-order valence-corrected chi connectivity index (χ3v) is 13.2. The maximum atomic E-state index is 14.1. The predicted octanol–water partition coefficient (Wildman–Crippen LogP) is 10.1. The van der Waals surface area contributed by atoms with Crippen molar-refractivity contribution in [2.24, 2.45) is 5.10 Å². The van der Waals surface area contributed by atoms with E-state index in [0.29, 0.717) is 18.1 Å². The van der Waals surface area contributed by atoms with Gasteiger partial charge in [0, 0.05) is 29.6 Å². The first-order valence-corrected chi connectivity index (χ1v) is 21.8. The number of hydrazone groups is 1. The van der Waals surface area contributed by atoms with E-state index in [1.54, 1.807) is 40.7 Å². The average Bonchev–Trinajstić information content (AvgIpc) is 3.02. The molecule has 0 bridgehead atoms. The largest absolute Gasteiger partial charge is 0.494 e. The van der Waals surface area contributed by atoms with Gasteiger partial charge >= 0.3 is 0 Å². The summed E-state index contributed by atoms with van der Waals surface area (Å²) in [6.45, 7) is 16.5. The zero-order chi connectivity index (χ0) is 37.1. The van der Waals surface area contributed by atoms with Gasteiger partial charge < -0.3 is 4.74 Å². The minimum Gasteiger partial charge on any atom is -0.494 e. The van der Waals surface area contributed by atoms with Crippen LogP contribution in [0.3, 0.4) is 0 Å². The lowest BCUT2D eigenvalue weighted by molar-refractivity contribution is 0.103. The molecule has 0 spiro atoms. The van der Waals surface area contributed by atoms with Crippen molar-refractivity contribution >= 4 is 25.8 Å². The second-order valence-electron chi connectivity index (χ2n) is 16.4. The summed E-state index contributed by atoms with van der Waals surface area (Å²) in [6, 6.07) is 13.5. The SMILES string of the molecule is CCCCCCCCCCCCCCCOc1ccc(S(=O)(=O)N2C(C)(C)CC(=NNS(=O)(=O)c3ccc(C(C)(C)C)cc3)CC2(C)C)cc1. The molecule has 1 fully saturated rings. The average molecular weight is 732 g/mol. The molecule has 2 aromatic rings. The molecule has 0 amide bonds. The Morgan fingerprint density at radius 3 is 1.58 bits per heavy atom. The standard InChI is InChI=1S/C40H65N3O5S2/c1-9-10-11-12-13-14-15-16-17-18-19-20-21-30-48-35-24-28-37(29-25-35)50(46,47)43-39(5,6)31-34(32-40(43,7)8)41-42-49(44,45)36-26-22-33(23-27-36)38(2,3)4/h22-29,42H,9-21,30-32H2,1-8H3. The number of hydrogen-bond donors (Lipinski definition) is 1. The van der Waals surface area contributed by atoms with Crippen LogP contribution in [0.15, 0.2) is 63.4 Å². The predicted molar refractivity (Wildman–Crippen MR) is 207 cm³/mol. The van der Waals surface area contributed by atoms with Gasteiger partial charge in [0.05, 0.1) is 16.4 Å². The van der Waals surface area contributed by atoms with Crippen LogP contribution in [-0.2, 0) is 25.5 Å². The molecule has 0 unspecified atom stereocenters. The second kappa shape index (κ2) is 18.4. The molecule has 10 heteroatoms. The van der Waals surface area contributed by atoms with Crippen LogP contribution in [0.1, 0.15) is 157 Å². The van der Waals surface area contributed by atoms with E-state index < -0.39 is 31.1 Å². The number of piperidine rings is 1. The minimum atomic E-state index is -3.89. The third-order valence-electron chi connectivity index (χ3n) is 9.61. The van der Waals surface area contributed by atoms with Crippen LogP contribution in [0, 0.1) is 0 Å². The highest BCUT2D eigenvalue weighted by molar-refractivity contribution is 7.89. The van der Waals surface area contributed by atoms with Crippen molar-refractivity contribution in [3.05, 3.63) is 54.1 Å². The van der Waals surface area contributed by atoms with Crippen molar-refractivity contribution in [2.45, 2.75) is 178 Å². The number of nitrogens with one attached hydrogen (secondary N) is 1. The number of sulfonamides is 2. The Bertz CT molecular complexity index is 1550. The first-order valence-electron chi connectivity index (χ1n) is 18.9. The van der Waals surface area contributed by atoms with E-state index in [1.807, 2.05) is 39.8 Å². The lowest BCUT2D eigenvalue weighted by atomic mass is 9.81. The summed E-state index contributed by atoms with van der Waals surface area (Å²) < 4.78 is 61.7. The smallest absolute Gasteiger partial charge is 0.276 e. The van der Waals surface area contributed by atoms with Gasteiger partial charge in [-0.2, -0.15) is 17.8 Å². The molecular formula is C40H65N3O5S2. The molecular weight excluding hydrogens is 667 g/mol. The number of hydrogen-bond acceptors (Lipinski definition) is 6. The topological polar surface area (TPSA) is 105 Å². The van der Waals surface area contributed by atoms with Gasteiger partial charge in [0.2, 0.25) is 10.0 Å². The van der Waals surface area contributed by atoms with Gasteiger partial charge in [-0.05, 0) is 81.5 Å². The van der Waals surface area contributed by atoms with E-state index in [2.05, 4.69) is 37.6 Å². The number of rotatable bonds is 20. The fourth-order valence-corrected chi connectivity index (χ4v) is 10.2. The van der Waals surface area contributed by atoms with Crippen LogP contribution in [0.25, 0.3) is 0 Å². The monoisotopic (exact) mass is 731 g/mol. The Morgan fingerprint density at radius 2 is 1.12 bits per heavy atom. The molecule has 1 N–H and O–H groups in total.